The van der Waals surface area contributed by atoms with Crippen molar-refractivity contribution in [1.29, 1.82) is 5.26 Å². The van der Waals surface area contributed by atoms with Gasteiger partial charge < -0.3 is 4.74 Å². The van der Waals surface area contributed by atoms with Gasteiger partial charge in [-0.05, 0) is 11.6 Å². The Labute approximate surface area is 81.5 Å². The molecule has 2 rings (SSSR count). The number of hydrogen-bond acceptors (Lipinski definition) is 5. The van der Waals surface area contributed by atoms with Crippen molar-refractivity contribution in [3.05, 3.63) is 5.82 Å². The minimum atomic E-state index is -0.441. The van der Waals surface area contributed by atoms with E-state index in [1.807, 2.05) is 0 Å². The first-order valence-corrected chi connectivity index (χ1v) is 4.46. The minimum Gasteiger partial charge on any atom is -0.380 e. The van der Waals surface area contributed by atoms with Crippen LogP contribution in [0.5, 0.6) is 0 Å². The van der Waals surface area contributed by atoms with Gasteiger partial charge in [-0.1, -0.05) is 0 Å². The summed E-state index contributed by atoms with van der Waals surface area (Å²) in [5.74, 6) is 0.611. The molecule has 2 heterocycles. The van der Waals surface area contributed by atoms with Gasteiger partial charge in [0.05, 0.1) is 25.1 Å². The van der Waals surface area contributed by atoms with Gasteiger partial charge in [0.25, 0.3) is 0 Å². The van der Waals surface area contributed by atoms with Crippen LogP contribution >= 0.6 is 0 Å². The van der Waals surface area contributed by atoms with Crippen molar-refractivity contribution >= 4 is 0 Å². The van der Waals surface area contributed by atoms with Gasteiger partial charge in [0.2, 0.25) is 0 Å². The highest BCUT2D eigenvalue weighted by atomic mass is 16.5. The van der Waals surface area contributed by atoms with Crippen LogP contribution in [0.4, 0.5) is 0 Å². The summed E-state index contributed by atoms with van der Waals surface area (Å²) in [5, 5.41) is 20.7. The molecule has 0 amide bonds. The highest BCUT2D eigenvalue weighted by Gasteiger charge is 2.36. The maximum atomic E-state index is 9.07. The lowest BCUT2D eigenvalue weighted by Crippen LogP contribution is -2.22. The lowest BCUT2D eigenvalue weighted by molar-refractivity contribution is 0.171. The molecule has 1 saturated heterocycles. The smallest absolute Gasteiger partial charge is 0.176 e. The Morgan fingerprint density at radius 1 is 1.71 bits per heavy atom. The van der Waals surface area contributed by atoms with Crippen molar-refractivity contribution in [3.8, 4) is 6.07 Å². The normalized spacial score (nSPS) is 26.3. The van der Waals surface area contributed by atoms with Gasteiger partial charge in [-0.25, -0.2) is 0 Å². The second-order valence-corrected chi connectivity index (χ2v) is 3.57. The summed E-state index contributed by atoms with van der Waals surface area (Å²) in [6, 6.07) is 2.29. The third-order valence-electron chi connectivity index (χ3n) is 2.39. The highest BCUT2D eigenvalue weighted by molar-refractivity contribution is 5.06. The Kier molecular flexibility index (Phi) is 2.17. The van der Waals surface area contributed by atoms with E-state index in [-0.39, 0.29) is 0 Å². The molecule has 0 aromatic carbocycles. The van der Waals surface area contributed by atoms with Gasteiger partial charge in [-0.2, -0.15) is 10.1 Å². The summed E-state index contributed by atoms with van der Waals surface area (Å²) in [6.45, 7) is 1.12. The average molecular weight is 193 g/mol. The maximum Gasteiger partial charge on any atom is 0.176 e. The van der Waals surface area contributed by atoms with Gasteiger partial charge in [0, 0.05) is 13.0 Å². The molecule has 1 aromatic heterocycles. The van der Waals surface area contributed by atoms with E-state index in [0.717, 1.165) is 6.42 Å². The molecule has 0 aliphatic carbocycles. The molecule has 74 valence electrons. The number of nitriles is 1. The molecule has 0 saturated carbocycles. The van der Waals surface area contributed by atoms with Gasteiger partial charge >= 0.3 is 0 Å². The molecule has 0 bridgehead atoms. The molecular formula is C8H11N5O. The number of hydrogen-bond donors (Lipinski definition) is 0. The lowest BCUT2D eigenvalue weighted by Gasteiger charge is -2.14. The SMILES string of the molecule is Cn1nnc(CC2(C#N)CCOC2)n1. The molecule has 1 aliphatic heterocycles. The van der Waals surface area contributed by atoms with Crippen molar-refractivity contribution in [2.24, 2.45) is 12.5 Å². The molecule has 1 unspecified atom stereocenters. The molecular weight excluding hydrogens is 182 g/mol. The van der Waals surface area contributed by atoms with Crippen molar-refractivity contribution in [3.63, 3.8) is 0 Å². The first-order valence-electron chi connectivity index (χ1n) is 4.46. The molecule has 0 N–H and O–H groups in total. The van der Waals surface area contributed by atoms with Crippen LogP contribution < -0.4 is 0 Å². The Bertz CT molecular complexity index is 360. The number of rotatable bonds is 2. The van der Waals surface area contributed by atoms with Crippen molar-refractivity contribution in [2.75, 3.05) is 13.2 Å². The van der Waals surface area contributed by atoms with E-state index < -0.39 is 5.41 Å². The molecule has 1 aromatic rings. The van der Waals surface area contributed by atoms with Crippen molar-refractivity contribution in [1.82, 2.24) is 20.2 Å². The molecule has 1 fully saturated rings. The zero-order valence-corrected chi connectivity index (χ0v) is 7.97. The van der Waals surface area contributed by atoms with E-state index in [1.165, 1.54) is 4.80 Å². The first-order chi connectivity index (χ1) is 6.74. The van der Waals surface area contributed by atoms with E-state index in [1.54, 1.807) is 7.05 Å². The van der Waals surface area contributed by atoms with Crippen molar-refractivity contribution < 1.29 is 4.74 Å². The van der Waals surface area contributed by atoms with Crippen LogP contribution in [0.15, 0.2) is 0 Å². The van der Waals surface area contributed by atoms with Crippen LogP contribution in [0, 0.1) is 16.7 Å². The number of aryl methyl sites for hydroxylation is 1. The van der Waals surface area contributed by atoms with E-state index in [2.05, 4.69) is 21.5 Å². The molecule has 6 nitrogen and oxygen atoms in total. The molecule has 14 heavy (non-hydrogen) atoms. The summed E-state index contributed by atoms with van der Waals surface area (Å²) < 4.78 is 5.23. The maximum absolute atomic E-state index is 9.07. The third kappa shape index (κ3) is 1.59. The fourth-order valence-electron chi connectivity index (χ4n) is 1.57. The zero-order chi connectivity index (χ0) is 10.0. The summed E-state index contributed by atoms with van der Waals surface area (Å²) in [5.41, 5.74) is -0.441. The van der Waals surface area contributed by atoms with Gasteiger partial charge in [-0.15, -0.1) is 10.2 Å². The first kappa shape index (κ1) is 9.09. The summed E-state index contributed by atoms with van der Waals surface area (Å²) in [7, 11) is 1.71. The monoisotopic (exact) mass is 193 g/mol. The van der Waals surface area contributed by atoms with E-state index >= 15 is 0 Å². The number of aromatic nitrogens is 4. The van der Waals surface area contributed by atoms with Crippen molar-refractivity contribution in [2.45, 2.75) is 12.8 Å². The van der Waals surface area contributed by atoms with Crippen LogP contribution in [0.2, 0.25) is 0 Å². The summed E-state index contributed by atoms with van der Waals surface area (Å²) in [4.78, 5) is 1.40. The lowest BCUT2D eigenvalue weighted by atomic mass is 9.85. The molecule has 6 heteroatoms. The molecule has 0 spiro atoms. The standard InChI is InChI=1S/C8H11N5O/c1-13-11-7(10-12-13)4-8(5-9)2-3-14-6-8/h2-4,6H2,1H3. The fourth-order valence-corrected chi connectivity index (χ4v) is 1.57. The number of nitrogens with zero attached hydrogens (tertiary/aromatic N) is 5. The van der Waals surface area contributed by atoms with Gasteiger partial charge in [-0.3, -0.25) is 0 Å². The van der Waals surface area contributed by atoms with Gasteiger partial charge in [0.1, 0.15) is 0 Å². The Morgan fingerprint density at radius 3 is 3.07 bits per heavy atom. The summed E-state index contributed by atoms with van der Waals surface area (Å²) >= 11 is 0. The van der Waals surface area contributed by atoms with Crippen LogP contribution in [0.25, 0.3) is 0 Å². The van der Waals surface area contributed by atoms with E-state index in [4.69, 9.17) is 10.00 Å². The second-order valence-electron chi connectivity index (χ2n) is 3.57. The average Bonchev–Trinajstić information content (AvgIpc) is 2.77. The van der Waals surface area contributed by atoms with Crippen LogP contribution in [-0.4, -0.2) is 33.4 Å². The predicted molar refractivity (Wildman–Crippen MR) is 46.0 cm³/mol. The largest absolute Gasteiger partial charge is 0.380 e. The fraction of sp³-hybridized carbons (Fsp3) is 0.750. The zero-order valence-electron chi connectivity index (χ0n) is 7.97. The van der Waals surface area contributed by atoms with Gasteiger partial charge in [0.15, 0.2) is 5.82 Å². The van der Waals surface area contributed by atoms with Crippen LogP contribution in [0.3, 0.4) is 0 Å². The predicted octanol–water partition coefficient (Wildman–Crippen LogP) is -0.317. The second kappa shape index (κ2) is 3.35. The Balaban J connectivity index is 2.13. The minimum absolute atomic E-state index is 0.441. The highest BCUT2D eigenvalue weighted by Crippen LogP contribution is 2.30. The Morgan fingerprint density at radius 2 is 2.57 bits per heavy atom. The Hall–Kier alpha value is -1.48. The van der Waals surface area contributed by atoms with Crippen LogP contribution in [-0.2, 0) is 18.2 Å². The molecule has 1 atom stereocenters. The van der Waals surface area contributed by atoms with Crippen LogP contribution in [0.1, 0.15) is 12.2 Å². The van der Waals surface area contributed by atoms with E-state index in [9.17, 15) is 0 Å². The third-order valence-corrected chi connectivity index (χ3v) is 2.39. The van der Waals surface area contributed by atoms with E-state index in [0.29, 0.717) is 25.5 Å². The topological polar surface area (TPSA) is 76.6 Å². The number of tetrazole rings is 1. The quantitative estimate of drug-likeness (QED) is 0.643. The molecule has 0 radical (unpaired) electrons. The summed E-state index contributed by atoms with van der Waals surface area (Å²) in [6.07, 6.45) is 1.28. The number of ether oxygens (including phenoxy) is 1. The molecule has 1 aliphatic rings.